The van der Waals surface area contributed by atoms with Crippen molar-refractivity contribution in [2.24, 2.45) is 0 Å². The van der Waals surface area contributed by atoms with E-state index in [-0.39, 0.29) is 24.4 Å². The molecule has 0 aliphatic carbocycles. The summed E-state index contributed by atoms with van der Waals surface area (Å²) in [5.74, 6) is -0.903. The first-order valence-electron chi connectivity index (χ1n) is 3.99. The Hall–Kier alpha value is -1.29. The van der Waals surface area contributed by atoms with Gasteiger partial charge >= 0.3 is 0 Å². The number of rotatable bonds is 4. The lowest BCUT2D eigenvalue weighted by Gasteiger charge is -1.99. The zero-order chi connectivity index (χ0) is 9.68. The molecule has 0 fully saturated rings. The SMILES string of the molecule is O=C(CCCO)c1ccncc1F. The second-order valence-corrected chi connectivity index (χ2v) is 2.61. The molecule has 0 aromatic carbocycles. The Morgan fingerprint density at radius 2 is 2.38 bits per heavy atom. The highest BCUT2D eigenvalue weighted by atomic mass is 19.1. The van der Waals surface area contributed by atoms with Gasteiger partial charge < -0.3 is 5.11 Å². The Bertz CT molecular complexity index is 301. The topological polar surface area (TPSA) is 50.2 Å². The standard InChI is InChI=1S/C9H10FNO2/c10-8-6-11-4-3-7(8)9(13)2-1-5-12/h3-4,6,12H,1-2,5H2. The first-order chi connectivity index (χ1) is 6.25. The molecular weight excluding hydrogens is 173 g/mol. The van der Waals surface area contributed by atoms with E-state index in [0.717, 1.165) is 6.20 Å². The zero-order valence-corrected chi connectivity index (χ0v) is 7.03. The van der Waals surface area contributed by atoms with Crippen LogP contribution in [0.25, 0.3) is 0 Å². The van der Waals surface area contributed by atoms with Crippen molar-refractivity contribution >= 4 is 5.78 Å². The second-order valence-electron chi connectivity index (χ2n) is 2.61. The van der Waals surface area contributed by atoms with E-state index in [4.69, 9.17) is 5.11 Å². The molecule has 1 heterocycles. The van der Waals surface area contributed by atoms with Gasteiger partial charge in [-0.2, -0.15) is 0 Å². The van der Waals surface area contributed by atoms with Crippen LogP contribution in [-0.2, 0) is 0 Å². The molecule has 0 atom stereocenters. The molecule has 0 spiro atoms. The Morgan fingerprint density at radius 1 is 1.62 bits per heavy atom. The van der Waals surface area contributed by atoms with Gasteiger partial charge in [-0.05, 0) is 12.5 Å². The Morgan fingerprint density at radius 3 is 3.00 bits per heavy atom. The lowest BCUT2D eigenvalue weighted by atomic mass is 10.1. The molecule has 1 rings (SSSR count). The van der Waals surface area contributed by atoms with E-state index in [1.165, 1.54) is 12.3 Å². The van der Waals surface area contributed by atoms with E-state index in [2.05, 4.69) is 4.98 Å². The molecule has 3 nitrogen and oxygen atoms in total. The van der Waals surface area contributed by atoms with Gasteiger partial charge in [0.25, 0.3) is 0 Å². The van der Waals surface area contributed by atoms with E-state index in [0.29, 0.717) is 6.42 Å². The molecule has 1 N–H and O–H groups in total. The van der Waals surface area contributed by atoms with E-state index >= 15 is 0 Å². The summed E-state index contributed by atoms with van der Waals surface area (Å²) in [6.07, 6.45) is 2.90. The van der Waals surface area contributed by atoms with Crippen LogP contribution >= 0.6 is 0 Å². The maximum absolute atomic E-state index is 12.9. The summed E-state index contributed by atoms with van der Waals surface area (Å²) >= 11 is 0. The lowest BCUT2D eigenvalue weighted by Crippen LogP contribution is -2.03. The molecule has 0 unspecified atom stereocenters. The number of nitrogens with zero attached hydrogens (tertiary/aromatic N) is 1. The highest BCUT2D eigenvalue weighted by molar-refractivity contribution is 5.96. The summed E-state index contributed by atoms with van der Waals surface area (Å²) in [5.41, 5.74) is 0.0449. The maximum Gasteiger partial charge on any atom is 0.166 e. The quantitative estimate of drug-likeness (QED) is 0.713. The van der Waals surface area contributed by atoms with Gasteiger partial charge in [0, 0.05) is 19.2 Å². The van der Waals surface area contributed by atoms with Crippen LogP contribution in [0.1, 0.15) is 23.2 Å². The average Bonchev–Trinajstić information content (AvgIpc) is 2.15. The normalized spacial score (nSPS) is 10.0. The summed E-state index contributed by atoms with van der Waals surface area (Å²) < 4.78 is 12.9. The fourth-order valence-electron chi connectivity index (χ4n) is 0.976. The highest BCUT2D eigenvalue weighted by Crippen LogP contribution is 2.08. The zero-order valence-electron chi connectivity index (χ0n) is 7.03. The fourth-order valence-corrected chi connectivity index (χ4v) is 0.976. The summed E-state index contributed by atoms with van der Waals surface area (Å²) in [6.45, 7) is -0.0571. The second kappa shape index (κ2) is 4.67. The number of pyridine rings is 1. The number of aliphatic hydroxyl groups is 1. The molecule has 0 aliphatic heterocycles. The summed E-state index contributed by atoms with van der Waals surface area (Å²) in [4.78, 5) is 14.8. The van der Waals surface area contributed by atoms with Crippen LogP contribution in [0.15, 0.2) is 18.5 Å². The predicted octanol–water partition coefficient (Wildman–Crippen LogP) is 1.18. The first kappa shape index (κ1) is 9.80. The van der Waals surface area contributed by atoms with Crippen molar-refractivity contribution < 1.29 is 14.3 Å². The van der Waals surface area contributed by atoms with Gasteiger partial charge in [0.2, 0.25) is 0 Å². The monoisotopic (exact) mass is 183 g/mol. The summed E-state index contributed by atoms with van der Waals surface area (Å²) in [5, 5.41) is 8.47. The van der Waals surface area contributed by atoms with E-state index in [1.807, 2.05) is 0 Å². The largest absolute Gasteiger partial charge is 0.396 e. The molecule has 4 heteroatoms. The van der Waals surface area contributed by atoms with Crippen molar-refractivity contribution in [3.05, 3.63) is 29.8 Å². The number of aliphatic hydroxyl groups excluding tert-OH is 1. The number of ketones is 1. The van der Waals surface area contributed by atoms with E-state index in [1.54, 1.807) is 0 Å². The van der Waals surface area contributed by atoms with Gasteiger partial charge in [-0.15, -0.1) is 0 Å². The van der Waals surface area contributed by atoms with Gasteiger partial charge in [-0.1, -0.05) is 0 Å². The van der Waals surface area contributed by atoms with Crippen LogP contribution in [0, 0.1) is 5.82 Å². The Balaban J connectivity index is 2.71. The Labute approximate surface area is 75.2 Å². The van der Waals surface area contributed by atoms with E-state index < -0.39 is 5.82 Å². The molecule has 1 aromatic rings. The van der Waals surface area contributed by atoms with E-state index in [9.17, 15) is 9.18 Å². The van der Waals surface area contributed by atoms with Crippen molar-refractivity contribution in [2.75, 3.05) is 6.61 Å². The molecule has 0 saturated carbocycles. The molecule has 0 radical (unpaired) electrons. The van der Waals surface area contributed by atoms with Crippen molar-refractivity contribution in [3.63, 3.8) is 0 Å². The van der Waals surface area contributed by atoms with Crippen LogP contribution in [-0.4, -0.2) is 22.5 Å². The minimum atomic E-state index is -0.606. The number of carbonyl (C=O) groups excluding carboxylic acids is 1. The Kier molecular flexibility index (Phi) is 3.52. The number of Topliss-reactive ketones (excluding diaryl/α,β-unsaturated/α-hetero) is 1. The predicted molar refractivity (Wildman–Crippen MR) is 44.8 cm³/mol. The molecule has 0 amide bonds. The van der Waals surface area contributed by atoms with Crippen LogP contribution in [0.5, 0.6) is 0 Å². The average molecular weight is 183 g/mol. The minimum absolute atomic E-state index is 0.0449. The van der Waals surface area contributed by atoms with Crippen LogP contribution in [0.4, 0.5) is 4.39 Å². The number of hydrogen-bond acceptors (Lipinski definition) is 3. The van der Waals surface area contributed by atoms with Crippen LogP contribution < -0.4 is 0 Å². The third-order valence-corrected chi connectivity index (χ3v) is 1.63. The summed E-state index contributed by atoms with van der Waals surface area (Å²) in [7, 11) is 0. The number of carbonyl (C=O) groups is 1. The number of hydrogen-bond donors (Lipinski definition) is 1. The summed E-state index contributed by atoms with van der Waals surface area (Å²) in [6, 6.07) is 1.34. The fraction of sp³-hybridized carbons (Fsp3) is 0.333. The number of halogens is 1. The van der Waals surface area contributed by atoms with Crippen LogP contribution in [0.3, 0.4) is 0 Å². The molecule has 0 bridgehead atoms. The maximum atomic E-state index is 12.9. The molecule has 0 saturated heterocycles. The van der Waals surface area contributed by atoms with Crippen molar-refractivity contribution in [1.29, 1.82) is 0 Å². The van der Waals surface area contributed by atoms with Gasteiger partial charge in [-0.25, -0.2) is 4.39 Å². The third-order valence-electron chi connectivity index (χ3n) is 1.63. The smallest absolute Gasteiger partial charge is 0.166 e. The molecule has 0 aliphatic rings. The molecule has 13 heavy (non-hydrogen) atoms. The van der Waals surface area contributed by atoms with Gasteiger partial charge in [0.05, 0.1) is 11.8 Å². The number of aromatic nitrogens is 1. The van der Waals surface area contributed by atoms with Crippen molar-refractivity contribution in [1.82, 2.24) is 4.98 Å². The van der Waals surface area contributed by atoms with Gasteiger partial charge in [0.1, 0.15) is 0 Å². The molecule has 70 valence electrons. The highest BCUT2D eigenvalue weighted by Gasteiger charge is 2.09. The molecular formula is C9H10FNO2. The van der Waals surface area contributed by atoms with Crippen molar-refractivity contribution in [3.8, 4) is 0 Å². The minimum Gasteiger partial charge on any atom is -0.396 e. The van der Waals surface area contributed by atoms with Crippen LogP contribution in [0.2, 0.25) is 0 Å². The van der Waals surface area contributed by atoms with Gasteiger partial charge in [0.15, 0.2) is 11.6 Å². The van der Waals surface area contributed by atoms with Gasteiger partial charge in [-0.3, -0.25) is 9.78 Å². The first-order valence-corrected chi connectivity index (χ1v) is 3.99. The third kappa shape index (κ3) is 2.59. The lowest BCUT2D eigenvalue weighted by molar-refractivity contribution is 0.0967. The van der Waals surface area contributed by atoms with Crippen molar-refractivity contribution in [2.45, 2.75) is 12.8 Å². The molecule has 1 aromatic heterocycles.